The molecule has 0 saturated heterocycles. The van der Waals surface area contributed by atoms with Crippen LogP contribution < -0.4 is 4.72 Å². The van der Waals surface area contributed by atoms with E-state index in [1.807, 2.05) is 0 Å². The van der Waals surface area contributed by atoms with Crippen molar-refractivity contribution >= 4 is 33.4 Å². The second-order valence-corrected chi connectivity index (χ2v) is 8.19. The number of aromatic nitrogens is 3. The zero-order chi connectivity index (χ0) is 21.3. The largest absolute Gasteiger partial charge is 0.306 e. The summed E-state index contributed by atoms with van der Waals surface area (Å²) < 4.78 is 30.0. The zero-order valence-electron chi connectivity index (χ0n) is 15.9. The molecule has 150 valence electrons. The number of carbonyl (C=O) groups is 1. The molecule has 0 saturated carbocycles. The Morgan fingerprint density at radius 1 is 1.07 bits per heavy atom. The maximum Gasteiger partial charge on any atom is 0.279 e. The maximum absolute atomic E-state index is 13.0. The number of benzene rings is 1. The van der Waals surface area contributed by atoms with Gasteiger partial charge >= 0.3 is 0 Å². The van der Waals surface area contributed by atoms with E-state index in [2.05, 4.69) is 14.7 Å². The van der Waals surface area contributed by atoms with E-state index in [1.165, 1.54) is 17.5 Å². The van der Waals surface area contributed by atoms with Gasteiger partial charge in [0.1, 0.15) is 11.3 Å². The number of rotatable bonds is 6. The number of ketones is 1. The summed E-state index contributed by atoms with van der Waals surface area (Å²) in [4.78, 5) is 19.8. The fourth-order valence-electron chi connectivity index (χ4n) is 3.03. The highest BCUT2D eigenvalue weighted by Crippen LogP contribution is 2.26. The van der Waals surface area contributed by atoms with Crippen LogP contribution in [0.1, 0.15) is 23.0 Å². The maximum atomic E-state index is 13.0. The summed E-state index contributed by atoms with van der Waals surface area (Å²) in [5.74, 6) is -0.0414. The highest BCUT2D eigenvalue weighted by Gasteiger charge is 2.21. The van der Waals surface area contributed by atoms with Gasteiger partial charge in [0.25, 0.3) is 10.0 Å². The highest BCUT2D eigenvalue weighted by atomic mass is 32.2. The number of fused-ring (bicyclic) bond motifs is 1. The predicted octanol–water partition coefficient (Wildman–Crippen LogP) is 3.40. The lowest BCUT2D eigenvalue weighted by Crippen LogP contribution is -2.16. The minimum atomic E-state index is -3.98. The number of hydrogen-bond donors (Lipinski definition) is 2. The van der Waals surface area contributed by atoms with Gasteiger partial charge in [0, 0.05) is 29.7 Å². The number of Topliss-reactive ketones (excluding diaryl/α,β-unsaturated/α-hetero) is 1. The predicted molar refractivity (Wildman–Crippen MR) is 114 cm³/mol. The number of imidazole rings is 1. The van der Waals surface area contributed by atoms with E-state index < -0.39 is 10.0 Å². The molecule has 0 aliphatic heterocycles. The quantitative estimate of drug-likeness (QED) is 0.367. The van der Waals surface area contributed by atoms with Gasteiger partial charge < -0.3 is 5.41 Å². The second kappa shape index (κ2) is 7.53. The Morgan fingerprint density at radius 2 is 1.83 bits per heavy atom. The van der Waals surface area contributed by atoms with Crippen LogP contribution >= 0.6 is 0 Å². The van der Waals surface area contributed by atoms with Gasteiger partial charge in [-0.1, -0.05) is 30.3 Å². The molecule has 0 bridgehead atoms. The van der Waals surface area contributed by atoms with Crippen LogP contribution in [0.4, 0.5) is 5.69 Å². The molecule has 30 heavy (non-hydrogen) atoms. The van der Waals surface area contributed by atoms with Crippen LogP contribution in [0.5, 0.6) is 0 Å². The standard InChI is InChI=1S/C21H17N5O3S/c1-14(27)15-5-7-16(8-6-15)17-10-18(19(11-22)23-12-17)25-30(28,29)21-13-24-20-4-2-3-9-26(20)21/h2-13,22,25H,1H3. The van der Waals surface area contributed by atoms with Crippen molar-refractivity contribution in [1.82, 2.24) is 14.4 Å². The molecular formula is C21H17N5O3S. The molecule has 0 radical (unpaired) electrons. The topological polar surface area (TPSA) is 117 Å². The molecule has 0 spiro atoms. The van der Waals surface area contributed by atoms with Crippen LogP contribution in [0.3, 0.4) is 0 Å². The number of nitrogens with zero attached hydrogens (tertiary/aromatic N) is 3. The van der Waals surface area contributed by atoms with Crippen LogP contribution in [0, 0.1) is 5.41 Å². The zero-order valence-corrected chi connectivity index (χ0v) is 16.7. The summed E-state index contributed by atoms with van der Waals surface area (Å²) in [6.07, 6.45) is 5.42. The highest BCUT2D eigenvalue weighted by molar-refractivity contribution is 7.92. The van der Waals surface area contributed by atoms with E-state index >= 15 is 0 Å². The van der Waals surface area contributed by atoms with Gasteiger partial charge in [0.2, 0.25) is 0 Å². The van der Waals surface area contributed by atoms with Gasteiger partial charge in [-0.25, -0.2) is 4.98 Å². The molecule has 1 aromatic carbocycles. The van der Waals surface area contributed by atoms with E-state index in [1.54, 1.807) is 60.9 Å². The average molecular weight is 419 g/mol. The van der Waals surface area contributed by atoms with Crippen molar-refractivity contribution < 1.29 is 13.2 Å². The van der Waals surface area contributed by atoms with Crippen molar-refractivity contribution in [2.75, 3.05) is 4.72 Å². The van der Waals surface area contributed by atoms with Gasteiger partial charge in [-0.15, -0.1) is 0 Å². The first-order valence-corrected chi connectivity index (χ1v) is 10.4. The molecule has 0 fully saturated rings. The van der Waals surface area contributed by atoms with Crippen molar-refractivity contribution in [3.63, 3.8) is 0 Å². The lowest BCUT2D eigenvalue weighted by molar-refractivity contribution is 0.101. The first kappa shape index (κ1) is 19.5. The Hall–Kier alpha value is -3.85. The summed E-state index contributed by atoms with van der Waals surface area (Å²) in [5, 5.41) is 7.55. The van der Waals surface area contributed by atoms with Crippen molar-refractivity contribution in [2.24, 2.45) is 0 Å². The minimum absolute atomic E-state index is 0.0229. The molecule has 8 nitrogen and oxygen atoms in total. The molecule has 9 heteroatoms. The van der Waals surface area contributed by atoms with Gasteiger partial charge in [-0.2, -0.15) is 8.42 Å². The monoisotopic (exact) mass is 419 g/mol. The van der Waals surface area contributed by atoms with E-state index in [0.717, 1.165) is 11.8 Å². The summed E-state index contributed by atoms with van der Waals surface area (Å²) in [5.41, 5.74) is 2.84. The van der Waals surface area contributed by atoms with Crippen LogP contribution in [-0.2, 0) is 10.0 Å². The number of carbonyl (C=O) groups excluding carboxylic acids is 1. The van der Waals surface area contributed by atoms with Crippen molar-refractivity contribution in [3.8, 4) is 11.1 Å². The molecule has 3 aromatic heterocycles. The number of anilines is 1. The number of nitrogens with one attached hydrogen (secondary N) is 2. The molecule has 0 aliphatic rings. The number of hydrogen-bond acceptors (Lipinski definition) is 6. The Labute approximate surface area is 172 Å². The van der Waals surface area contributed by atoms with E-state index in [-0.39, 0.29) is 22.2 Å². The summed E-state index contributed by atoms with van der Waals surface area (Å²) in [7, 11) is -3.98. The molecular weight excluding hydrogens is 402 g/mol. The van der Waals surface area contributed by atoms with Crippen molar-refractivity contribution in [1.29, 1.82) is 5.41 Å². The SMILES string of the molecule is CC(=O)c1ccc(-c2cnc(C=N)c(NS(=O)(=O)c3cnc4ccccn34)c2)cc1. The van der Waals surface area contributed by atoms with Gasteiger partial charge in [-0.05, 0) is 30.7 Å². The fourth-order valence-corrected chi connectivity index (χ4v) is 4.19. The van der Waals surface area contributed by atoms with E-state index in [9.17, 15) is 13.2 Å². The molecule has 0 aliphatic carbocycles. The molecule has 0 amide bonds. The third-order valence-corrected chi connectivity index (χ3v) is 5.92. The number of pyridine rings is 2. The van der Waals surface area contributed by atoms with E-state index in [0.29, 0.717) is 16.8 Å². The van der Waals surface area contributed by atoms with E-state index in [4.69, 9.17) is 5.41 Å². The third-order valence-electron chi connectivity index (χ3n) is 4.58. The van der Waals surface area contributed by atoms with Gasteiger partial charge in [-0.3, -0.25) is 18.9 Å². The van der Waals surface area contributed by atoms with Gasteiger partial charge in [0.05, 0.1) is 11.9 Å². The smallest absolute Gasteiger partial charge is 0.279 e. The lowest BCUT2D eigenvalue weighted by Gasteiger charge is -2.12. The van der Waals surface area contributed by atoms with Crippen LogP contribution in [0.25, 0.3) is 16.8 Å². The fraction of sp³-hybridized carbons (Fsp3) is 0.0476. The van der Waals surface area contributed by atoms with Crippen molar-refractivity contribution in [2.45, 2.75) is 11.9 Å². The molecule has 0 unspecified atom stereocenters. The Balaban J connectivity index is 1.73. The normalized spacial score (nSPS) is 11.4. The van der Waals surface area contributed by atoms with Crippen molar-refractivity contribution in [3.05, 3.63) is 78.4 Å². The Bertz CT molecular complexity index is 1380. The first-order valence-electron chi connectivity index (χ1n) is 8.96. The van der Waals surface area contributed by atoms with Crippen LogP contribution in [0.2, 0.25) is 0 Å². The average Bonchev–Trinajstić information content (AvgIpc) is 3.19. The Kier molecular flexibility index (Phi) is 4.88. The Morgan fingerprint density at radius 3 is 2.53 bits per heavy atom. The lowest BCUT2D eigenvalue weighted by atomic mass is 10.0. The number of sulfonamides is 1. The molecule has 3 heterocycles. The molecule has 0 atom stereocenters. The van der Waals surface area contributed by atoms with Crippen LogP contribution in [-0.4, -0.2) is 34.8 Å². The summed E-state index contributed by atoms with van der Waals surface area (Å²) in [6.45, 7) is 1.49. The minimum Gasteiger partial charge on any atom is -0.306 e. The molecule has 2 N–H and O–H groups in total. The third kappa shape index (κ3) is 3.58. The van der Waals surface area contributed by atoms with Gasteiger partial charge in [0.15, 0.2) is 10.8 Å². The first-order chi connectivity index (χ1) is 14.4. The second-order valence-electron chi connectivity index (χ2n) is 6.57. The summed E-state index contributed by atoms with van der Waals surface area (Å²) in [6, 6.07) is 13.7. The summed E-state index contributed by atoms with van der Waals surface area (Å²) >= 11 is 0. The van der Waals surface area contributed by atoms with Crippen LogP contribution in [0.15, 0.2) is 72.1 Å². The molecule has 4 aromatic rings. The molecule has 4 rings (SSSR count).